The third-order valence-electron chi connectivity index (χ3n) is 7.29. The van der Waals surface area contributed by atoms with Gasteiger partial charge in [0, 0.05) is 49.6 Å². The molecule has 1 saturated carbocycles. The van der Waals surface area contributed by atoms with Crippen molar-refractivity contribution in [2.24, 2.45) is 17.8 Å². The van der Waals surface area contributed by atoms with Crippen LogP contribution in [0.5, 0.6) is 0 Å². The molecule has 3 rings (SSSR count). The van der Waals surface area contributed by atoms with Crippen molar-refractivity contribution in [2.75, 3.05) is 26.9 Å². The summed E-state index contributed by atoms with van der Waals surface area (Å²) in [5.41, 5.74) is 2.38. The number of likely N-dealkylation sites (tertiary alicyclic amines) is 1. The van der Waals surface area contributed by atoms with Crippen LogP contribution in [0, 0.1) is 31.6 Å². The Morgan fingerprint density at radius 2 is 1.94 bits per heavy atom. The van der Waals surface area contributed by atoms with Crippen molar-refractivity contribution in [3.8, 4) is 0 Å². The zero-order valence-electron chi connectivity index (χ0n) is 19.5. The van der Waals surface area contributed by atoms with E-state index in [1.54, 1.807) is 7.11 Å². The van der Waals surface area contributed by atoms with Gasteiger partial charge in [0.1, 0.15) is 0 Å². The zero-order valence-corrected chi connectivity index (χ0v) is 19.5. The van der Waals surface area contributed by atoms with Gasteiger partial charge in [-0.3, -0.25) is 14.4 Å². The molecule has 2 fully saturated rings. The number of Topliss-reactive ketones (excluding diaryl/α,β-unsaturated/α-hetero) is 1. The van der Waals surface area contributed by atoms with Crippen molar-refractivity contribution < 1.29 is 23.9 Å². The number of hydrogen-bond acceptors (Lipinski definition) is 5. The highest BCUT2D eigenvalue weighted by molar-refractivity contribution is 5.99. The summed E-state index contributed by atoms with van der Waals surface area (Å²) in [4.78, 5) is 39.8. The fourth-order valence-corrected chi connectivity index (χ4v) is 5.15. The number of methoxy groups -OCH3 is 1. The summed E-state index contributed by atoms with van der Waals surface area (Å²) < 4.78 is 12.5. The Hall–Kier alpha value is -2.15. The molecule has 0 N–H and O–H groups in total. The maximum absolute atomic E-state index is 12.7. The van der Waals surface area contributed by atoms with Crippen molar-refractivity contribution in [3.63, 3.8) is 0 Å². The highest BCUT2D eigenvalue weighted by atomic mass is 16.5. The predicted molar refractivity (Wildman–Crippen MR) is 117 cm³/mol. The minimum absolute atomic E-state index is 0.0286. The molecule has 0 bridgehead atoms. The molecule has 31 heavy (non-hydrogen) atoms. The average molecular weight is 433 g/mol. The number of ether oxygens (including phenoxy) is 2. The summed E-state index contributed by atoms with van der Waals surface area (Å²) >= 11 is 0. The minimum atomic E-state index is -0.487. The second-order valence-corrected chi connectivity index (χ2v) is 9.24. The normalized spacial score (nSPS) is 26.4. The first kappa shape index (κ1) is 23.5. The molecule has 0 aromatic carbocycles. The van der Waals surface area contributed by atoms with Crippen LogP contribution in [-0.2, 0) is 25.6 Å². The number of ketones is 1. The summed E-state index contributed by atoms with van der Waals surface area (Å²) in [6, 6.07) is 2.03. The van der Waals surface area contributed by atoms with Crippen LogP contribution in [0.15, 0.2) is 6.07 Å². The quantitative estimate of drug-likeness (QED) is 0.466. The number of carbonyl (C=O) groups excluding carboxylic acids is 3. The number of rotatable bonds is 8. The van der Waals surface area contributed by atoms with Crippen molar-refractivity contribution in [1.82, 2.24) is 9.47 Å². The minimum Gasteiger partial charge on any atom is -0.457 e. The zero-order chi connectivity index (χ0) is 22.7. The Morgan fingerprint density at radius 3 is 2.65 bits per heavy atom. The number of nitrogens with zero attached hydrogens (tertiary/aromatic N) is 2. The molecule has 0 radical (unpaired) electrons. The van der Waals surface area contributed by atoms with E-state index in [-0.39, 0.29) is 30.8 Å². The number of hydrogen-bond donors (Lipinski definition) is 0. The molecule has 7 nitrogen and oxygen atoms in total. The standard InChI is InChI=1S/C24H36N2O5/c1-15-7-6-8-21(17(15)3)26-13-19(12-23(26)28)24(29)31-14-22(27)20-11-16(2)25(18(20)4)9-10-30-5/h11,15,17,19,21H,6-10,12-14H2,1-5H3/t15-,17-,19+,21-/m0/s1. The second-order valence-electron chi connectivity index (χ2n) is 9.24. The Labute approximate surface area is 185 Å². The lowest BCUT2D eigenvalue weighted by Crippen LogP contribution is -2.45. The van der Waals surface area contributed by atoms with Gasteiger partial charge in [-0.2, -0.15) is 0 Å². The first-order valence-corrected chi connectivity index (χ1v) is 11.4. The van der Waals surface area contributed by atoms with E-state index in [4.69, 9.17) is 9.47 Å². The van der Waals surface area contributed by atoms with Crippen LogP contribution in [0.4, 0.5) is 0 Å². The van der Waals surface area contributed by atoms with Crippen molar-refractivity contribution in [3.05, 3.63) is 23.0 Å². The number of aryl methyl sites for hydroxylation is 1. The molecule has 1 saturated heterocycles. The summed E-state index contributed by atoms with van der Waals surface area (Å²) in [6.45, 7) is 9.60. The molecular weight excluding hydrogens is 396 g/mol. The highest BCUT2D eigenvalue weighted by Gasteiger charge is 2.42. The molecule has 1 amide bonds. The Morgan fingerprint density at radius 1 is 1.19 bits per heavy atom. The van der Waals surface area contributed by atoms with E-state index < -0.39 is 11.9 Å². The van der Waals surface area contributed by atoms with Gasteiger partial charge in [0.2, 0.25) is 11.7 Å². The van der Waals surface area contributed by atoms with Gasteiger partial charge in [-0.15, -0.1) is 0 Å². The van der Waals surface area contributed by atoms with Gasteiger partial charge in [0.25, 0.3) is 0 Å². The van der Waals surface area contributed by atoms with E-state index in [0.717, 1.165) is 24.2 Å². The molecular formula is C24H36N2O5. The summed E-state index contributed by atoms with van der Waals surface area (Å²) in [6.07, 6.45) is 3.48. The summed E-state index contributed by atoms with van der Waals surface area (Å²) in [5.74, 6) is -0.116. The molecule has 2 aliphatic rings. The smallest absolute Gasteiger partial charge is 0.311 e. The van der Waals surface area contributed by atoms with Gasteiger partial charge in [-0.05, 0) is 38.2 Å². The van der Waals surface area contributed by atoms with E-state index in [1.807, 2.05) is 29.4 Å². The van der Waals surface area contributed by atoms with E-state index >= 15 is 0 Å². The van der Waals surface area contributed by atoms with E-state index in [2.05, 4.69) is 13.8 Å². The molecule has 7 heteroatoms. The Kier molecular flexibility index (Phi) is 7.57. The molecule has 1 aliphatic heterocycles. The number of esters is 1. The predicted octanol–water partition coefficient (Wildman–Crippen LogP) is 3.15. The molecule has 172 valence electrons. The summed E-state index contributed by atoms with van der Waals surface area (Å²) in [5, 5.41) is 0. The fraction of sp³-hybridized carbons (Fsp3) is 0.708. The fourth-order valence-electron chi connectivity index (χ4n) is 5.15. The monoisotopic (exact) mass is 432 g/mol. The van der Waals surface area contributed by atoms with Crippen LogP contribution in [0.2, 0.25) is 0 Å². The maximum Gasteiger partial charge on any atom is 0.311 e. The SMILES string of the molecule is COCCn1c(C)cc(C(=O)COC(=O)[C@@H]2CC(=O)N([C@H]3CCC[C@H](C)[C@@H]3C)C2)c1C. The molecule has 0 spiro atoms. The van der Waals surface area contributed by atoms with E-state index in [9.17, 15) is 14.4 Å². The van der Waals surface area contributed by atoms with Crippen molar-refractivity contribution in [2.45, 2.75) is 66.0 Å². The topological polar surface area (TPSA) is 77.8 Å². The third kappa shape index (κ3) is 5.03. The van der Waals surface area contributed by atoms with Crippen LogP contribution in [0.3, 0.4) is 0 Å². The lowest BCUT2D eigenvalue weighted by Gasteiger charge is -2.39. The van der Waals surface area contributed by atoms with Crippen molar-refractivity contribution >= 4 is 17.7 Å². The third-order valence-corrected chi connectivity index (χ3v) is 7.29. The highest BCUT2D eigenvalue weighted by Crippen LogP contribution is 2.36. The van der Waals surface area contributed by atoms with Gasteiger partial charge in [-0.1, -0.05) is 26.7 Å². The first-order chi connectivity index (χ1) is 14.7. The van der Waals surface area contributed by atoms with Crippen LogP contribution < -0.4 is 0 Å². The van der Waals surface area contributed by atoms with E-state index in [0.29, 0.717) is 37.1 Å². The van der Waals surface area contributed by atoms with Crippen LogP contribution in [0.25, 0.3) is 0 Å². The van der Waals surface area contributed by atoms with Gasteiger partial charge >= 0.3 is 5.97 Å². The van der Waals surface area contributed by atoms with Gasteiger partial charge in [0.15, 0.2) is 6.61 Å². The molecule has 0 unspecified atom stereocenters. The maximum atomic E-state index is 12.7. The molecule has 1 aromatic heterocycles. The Balaban J connectivity index is 1.56. The van der Waals surface area contributed by atoms with Gasteiger partial charge in [0.05, 0.1) is 12.5 Å². The second kappa shape index (κ2) is 9.98. The van der Waals surface area contributed by atoms with Crippen LogP contribution in [0.1, 0.15) is 61.3 Å². The van der Waals surface area contributed by atoms with Crippen LogP contribution in [-0.4, -0.2) is 60.0 Å². The molecule has 4 atom stereocenters. The van der Waals surface area contributed by atoms with Gasteiger partial charge < -0.3 is 18.9 Å². The number of amides is 1. The molecule has 2 heterocycles. The lowest BCUT2D eigenvalue weighted by atomic mass is 9.77. The number of aromatic nitrogens is 1. The average Bonchev–Trinajstić information content (AvgIpc) is 3.26. The first-order valence-electron chi connectivity index (χ1n) is 11.4. The van der Waals surface area contributed by atoms with Gasteiger partial charge in [-0.25, -0.2) is 0 Å². The van der Waals surface area contributed by atoms with E-state index in [1.165, 1.54) is 6.42 Å². The van der Waals surface area contributed by atoms with Crippen LogP contribution >= 0.6 is 0 Å². The Bertz CT molecular complexity index is 830. The molecule has 1 aromatic rings. The lowest BCUT2D eigenvalue weighted by molar-refractivity contribution is -0.147. The summed E-state index contributed by atoms with van der Waals surface area (Å²) in [7, 11) is 1.64. The molecule has 1 aliphatic carbocycles. The van der Waals surface area contributed by atoms with Crippen molar-refractivity contribution in [1.29, 1.82) is 0 Å². The largest absolute Gasteiger partial charge is 0.457 e. The number of carbonyl (C=O) groups is 3.